The smallest absolute Gasteiger partial charge is 0.315 e. The summed E-state index contributed by atoms with van der Waals surface area (Å²) in [5.74, 6) is 0.417. The van der Waals surface area contributed by atoms with E-state index in [1.165, 1.54) is 11.3 Å². The van der Waals surface area contributed by atoms with Gasteiger partial charge in [0.2, 0.25) is 5.95 Å². The van der Waals surface area contributed by atoms with Gasteiger partial charge >= 0.3 is 6.03 Å². The van der Waals surface area contributed by atoms with E-state index in [4.69, 9.17) is 4.98 Å². The van der Waals surface area contributed by atoms with Gasteiger partial charge in [-0.1, -0.05) is 35.6 Å². The third kappa shape index (κ3) is 7.39. The highest BCUT2D eigenvalue weighted by atomic mass is 32.1. The summed E-state index contributed by atoms with van der Waals surface area (Å²) in [5, 5.41) is 22.7. The lowest BCUT2D eigenvalue weighted by Crippen LogP contribution is -2.39. The molecule has 0 aliphatic heterocycles. The minimum absolute atomic E-state index is 0.0525. The van der Waals surface area contributed by atoms with Crippen LogP contribution in [0.1, 0.15) is 40.2 Å². The third-order valence-electron chi connectivity index (χ3n) is 4.60. The Kier molecular flexibility index (Phi) is 8.78. The summed E-state index contributed by atoms with van der Waals surface area (Å²) in [6, 6.07) is 9.84. The van der Waals surface area contributed by atoms with E-state index >= 15 is 0 Å². The Morgan fingerprint density at radius 3 is 2.50 bits per heavy atom. The van der Waals surface area contributed by atoms with Crippen LogP contribution in [0.15, 0.2) is 36.5 Å². The van der Waals surface area contributed by atoms with Crippen LogP contribution in [-0.2, 0) is 6.54 Å². The summed E-state index contributed by atoms with van der Waals surface area (Å²) < 4.78 is 0. The van der Waals surface area contributed by atoms with Crippen LogP contribution in [0.25, 0.3) is 21.8 Å². The van der Waals surface area contributed by atoms with Gasteiger partial charge < -0.3 is 26.4 Å². The van der Waals surface area contributed by atoms with Crippen molar-refractivity contribution < 1.29 is 9.90 Å². The maximum atomic E-state index is 12.1. The first kappa shape index (κ1) is 25.4. The van der Waals surface area contributed by atoms with Gasteiger partial charge in [0, 0.05) is 36.9 Å². The number of amides is 2. The van der Waals surface area contributed by atoms with Gasteiger partial charge in [0.15, 0.2) is 5.13 Å². The normalized spacial score (nSPS) is 12.0. The van der Waals surface area contributed by atoms with Gasteiger partial charge in [-0.2, -0.15) is 0 Å². The van der Waals surface area contributed by atoms with Crippen LogP contribution in [0.3, 0.4) is 0 Å². The zero-order chi connectivity index (χ0) is 24.7. The second kappa shape index (κ2) is 11.8. The first-order valence-electron chi connectivity index (χ1n) is 11.4. The largest absolute Gasteiger partial charge is 0.392 e. The van der Waals surface area contributed by atoms with E-state index in [9.17, 15) is 9.90 Å². The van der Waals surface area contributed by atoms with Crippen LogP contribution in [-0.4, -0.2) is 50.8 Å². The van der Waals surface area contributed by atoms with Gasteiger partial charge in [-0.15, -0.1) is 0 Å². The number of aromatic nitrogens is 3. The Labute approximate surface area is 204 Å². The van der Waals surface area contributed by atoms with Crippen molar-refractivity contribution >= 4 is 28.4 Å². The second-order valence-corrected chi connectivity index (χ2v) is 9.69. The van der Waals surface area contributed by atoms with Gasteiger partial charge in [-0.05, 0) is 46.2 Å². The average Bonchev–Trinajstić information content (AvgIpc) is 3.23. The molecule has 34 heavy (non-hydrogen) atoms. The molecule has 2 aromatic heterocycles. The number of rotatable bonds is 10. The topological polar surface area (TPSA) is 124 Å². The predicted octanol–water partition coefficient (Wildman–Crippen LogP) is 4.09. The number of nitrogens with one attached hydrogen (secondary N) is 4. The summed E-state index contributed by atoms with van der Waals surface area (Å²) in [5.41, 5.74) is 3.26. The molecule has 0 saturated heterocycles. The molecule has 1 unspecified atom stereocenters. The molecule has 2 heterocycles. The maximum absolute atomic E-state index is 12.1. The molecule has 9 nitrogen and oxygen atoms in total. The Morgan fingerprint density at radius 2 is 1.79 bits per heavy atom. The molecule has 0 bridgehead atoms. The number of carbonyl (C=O) groups excluding carboxylic acids is 1. The second-order valence-electron chi connectivity index (χ2n) is 8.66. The summed E-state index contributed by atoms with van der Waals surface area (Å²) >= 11 is 1.52. The molecule has 0 aliphatic carbocycles. The molecular formula is C24H33N7O2S. The van der Waals surface area contributed by atoms with Crippen molar-refractivity contribution in [2.75, 3.05) is 17.2 Å². The van der Waals surface area contributed by atoms with Crippen LogP contribution in [0, 0.1) is 0 Å². The quantitative estimate of drug-likeness (QED) is 0.294. The van der Waals surface area contributed by atoms with E-state index in [1.807, 2.05) is 44.2 Å². The Morgan fingerprint density at radius 1 is 1.06 bits per heavy atom. The summed E-state index contributed by atoms with van der Waals surface area (Å²) in [6.07, 6.45) is 1.25. The van der Waals surface area contributed by atoms with Crippen LogP contribution in [0.2, 0.25) is 0 Å². The zero-order valence-corrected chi connectivity index (χ0v) is 21.0. The van der Waals surface area contributed by atoms with Crippen LogP contribution < -0.4 is 21.3 Å². The van der Waals surface area contributed by atoms with Crippen LogP contribution >= 0.6 is 11.3 Å². The first-order chi connectivity index (χ1) is 16.2. The molecular weight excluding hydrogens is 450 g/mol. The van der Waals surface area contributed by atoms with E-state index in [1.54, 1.807) is 13.1 Å². The van der Waals surface area contributed by atoms with Gasteiger partial charge in [0.1, 0.15) is 0 Å². The van der Waals surface area contributed by atoms with Crippen molar-refractivity contribution in [3.05, 3.63) is 42.1 Å². The summed E-state index contributed by atoms with van der Waals surface area (Å²) in [6.45, 7) is 10.3. The Bertz CT molecular complexity index is 1100. The molecule has 182 valence electrons. The molecule has 5 N–H and O–H groups in total. The fourth-order valence-electron chi connectivity index (χ4n) is 3.15. The molecule has 0 aliphatic rings. The SMILES string of the molecule is CC(O)CNc1nc(-c2cnc(NC(C)C)s2)cc(-c2ccccc2CNC(=O)NC(C)C)n1. The van der Waals surface area contributed by atoms with Gasteiger partial charge in [0.25, 0.3) is 0 Å². The molecule has 0 fully saturated rings. The molecule has 10 heteroatoms. The van der Waals surface area contributed by atoms with Crippen molar-refractivity contribution in [1.29, 1.82) is 0 Å². The van der Waals surface area contributed by atoms with Crippen LogP contribution in [0.4, 0.5) is 15.9 Å². The fraction of sp³-hybridized carbons (Fsp3) is 0.417. The van der Waals surface area contributed by atoms with E-state index in [0.29, 0.717) is 24.7 Å². The lowest BCUT2D eigenvalue weighted by atomic mass is 10.0. The third-order valence-corrected chi connectivity index (χ3v) is 5.56. The van der Waals surface area contributed by atoms with E-state index in [-0.39, 0.29) is 18.1 Å². The molecule has 1 atom stereocenters. The van der Waals surface area contributed by atoms with Crippen molar-refractivity contribution in [1.82, 2.24) is 25.6 Å². The number of urea groups is 1. The minimum Gasteiger partial charge on any atom is -0.392 e. The number of thiazole rings is 1. The van der Waals surface area contributed by atoms with E-state index in [2.05, 4.69) is 45.1 Å². The fourth-order valence-corrected chi connectivity index (χ4v) is 4.07. The predicted molar refractivity (Wildman–Crippen MR) is 138 cm³/mol. The number of carbonyl (C=O) groups is 1. The molecule has 0 saturated carbocycles. The molecule has 3 rings (SSSR count). The summed E-state index contributed by atoms with van der Waals surface area (Å²) in [7, 11) is 0. The van der Waals surface area contributed by atoms with Crippen molar-refractivity contribution in [2.24, 2.45) is 0 Å². The Hall–Kier alpha value is -3.24. The number of aliphatic hydroxyl groups is 1. The highest BCUT2D eigenvalue weighted by Crippen LogP contribution is 2.32. The molecule has 0 spiro atoms. The minimum atomic E-state index is -0.545. The number of benzene rings is 1. The van der Waals surface area contributed by atoms with E-state index < -0.39 is 6.10 Å². The standard InChI is InChI=1S/C24H33N7O2S/c1-14(2)28-23(33)26-12-17-8-6-7-9-18(17)19-10-20(31-22(30-19)25-11-16(5)32)21-13-27-24(34-21)29-15(3)4/h6-10,13-16,32H,11-12H2,1-5H3,(H,27,29)(H,25,30,31)(H2,26,28,33). The number of anilines is 2. The van der Waals surface area contributed by atoms with Gasteiger partial charge in [-0.3, -0.25) is 0 Å². The Balaban J connectivity index is 1.96. The average molecular weight is 484 g/mol. The van der Waals surface area contributed by atoms with Crippen molar-refractivity contribution in [3.8, 4) is 21.8 Å². The number of hydrogen-bond acceptors (Lipinski definition) is 8. The monoisotopic (exact) mass is 483 g/mol. The summed E-state index contributed by atoms with van der Waals surface area (Å²) in [4.78, 5) is 26.8. The van der Waals surface area contributed by atoms with Crippen molar-refractivity contribution in [3.63, 3.8) is 0 Å². The first-order valence-corrected chi connectivity index (χ1v) is 12.2. The lowest BCUT2D eigenvalue weighted by molar-refractivity contribution is 0.208. The van der Waals surface area contributed by atoms with Crippen molar-refractivity contribution in [2.45, 2.75) is 59.4 Å². The van der Waals surface area contributed by atoms with E-state index in [0.717, 1.165) is 26.8 Å². The maximum Gasteiger partial charge on any atom is 0.315 e. The van der Waals surface area contributed by atoms with Gasteiger partial charge in [-0.25, -0.2) is 19.7 Å². The highest BCUT2D eigenvalue weighted by Gasteiger charge is 2.15. The number of hydrogen-bond donors (Lipinski definition) is 5. The molecule has 2 amide bonds. The molecule has 0 radical (unpaired) electrons. The lowest BCUT2D eigenvalue weighted by Gasteiger charge is -2.14. The van der Waals surface area contributed by atoms with Gasteiger partial charge in [0.05, 0.1) is 22.4 Å². The zero-order valence-electron chi connectivity index (χ0n) is 20.2. The highest BCUT2D eigenvalue weighted by molar-refractivity contribution is 7.18. The number of aliphatic hydroxyl groups excluding tert-OH is 1. The molecule has 3 aromatic rings. The number of nitrogens with zero attached hydrogens (tertiary/aromatic N) is 3. The molecule has 1 aromatic carbocycles. The van der Waals surface area contributed by atoms with Crippen LogP contribution in [0.5, 0.6) is 0 Å².